The van der Waals surface area contributed by atoms with Crippen LogP contribution in [0.2, 0.25) is 0 Å². The summed E-state index contributed by atoms with van der Waals surface area (Å²) in [6.45, 7) is 2.83. The van der Waals surface area contributed by atoms with E-state index in [1.54, 1.807) is 19.3 Å². The van der Waals surface area contributed by atoms with Gasteiger partial charge in [0.1, 0.15) is 0 Å². The molecule has 0 aromatic carbocycles. The zero-order chi connectivity index (χ0) is 17.9. The number of hydrogen-bond donors (Lipinski definition) is 0. The number of hydrogen-bond acceptors (Lipinski definition) is 5. The van der Waals surface area contributed by atoms with Gasteiger partial charge in [-0.15, -0.1) is 5.10 Å². The minimum Gasteiger partial charge on any atom is -0.370 e. The Hall–Kier alpha value is -2.44. The largest absolute Gasteiger partial charge is 0.370 e. The molecule has 0 spiro atoms. The van der Waals surface area contributed by atoms with Gasteiger partial charge in [0, 0.05) is 44.9 Å². The SMILES string of the molecule is Cn1ncc(N2CCC(Cn3cc([C@H]4CC=CCC4)nn3)CC2)cc1=O. The number of nitrogens with zero attached hydrogens (tertiary/aromatic N) is 6. The summed E-state index contributed by atoms with van der Waals surface area (Å²) in [6.07, 6.45) is 14.0. The molecule has 0 unspecified atom stereocenters. The second-order valence-electron chi connectivity index (χ2n) is 7.45. The summed E-state index contributed by atoms with van der Waals surface area (Å²) in [6, 6.07) is 1.68. The molecule has 3 heterocycles. The van der Waals surface area contributed by atoms with E-state index in [9.17, 15) is 4.79 Å². The quantitative estimate of drug-likeness (QED) is 0.787. The van der Waals surface area contributed by atoms with Gasteiger partial charge >= 0.3 is 0 Å². The van der Waals surface area contributed by atoms with Crippen LogP contribution in [0.4, 0.5) is 5.69 Å². The third-order valence-electron chi connectivity index (χ3n) is 5.62. The normalized spacial score (nSPS) is 21.3. The molecule has 7 heteroatoms. The highest BCUT2D eigenvalue weighted by Crippen LogP contribution is 2.28. The molecule has 138 valence electrons. The van der Waals surface area contributed by atoms with Crippen LogP contribution in [-0.2, 0) is 13.6 Å². The van der Waals surface area contributed by atoms with Crippen molar-refractivity contribution in [1.29, 1.82) is 0 Å². The van der Waals surface area contributed by atoms with Gasteiger partial charge in [0.25, 0.3) is 5.56 Å². The monoisotopic (exact) mass is 354 g/mol. The Morgan fingerprint density at radius 3 is 2.77 bits per heavy atom. The Balaban J connectivity index is 1.32. The van der Waals surface area contributed by atoms with Crippen LogP contribution in [0.25, 0.3) is 0 Å². The topological polar surface area (TPSA) is 68.8 Å². The van der Waals surface area contributed by atoms with E-state index < -0.39 is 0 Å². The summed E-state index contributed by atoms with van der Waals surface area (Å²) in [5.41, 5.74) is 2.01. The third kappa shape index (κ3) is 3.71. The molecule has 0 bridgehead atoms. The standard InChI is InChI=1S/C19H26N6O/c1-23-19(26)11-17(12-20-23)24-9-7-15(8-10-24)13-25-14-18(21-22-25)16-5-3-2-4-6-16/h2-3,11-12,14-16H,4-10,13H2,1H3/t16-/m0/s1. The van der Waals surface area contributed by atoms with Crippen LogP contribution in [-0.4, -0.2) is 37.9 Å². The van der Waals surface area contributed by atoms with Crippen LogP contribution in [0.1, 0.15) is 43.7 Å². The van der Waals surface area contributed by atoms with Gasteiger partial charge in [-0.2, -0.15) is 5.10 Å². The minimum absolute atomic E-state index is 0.0580. The molecule has 26 heavy (non-hydrogen) atoms. The summed E-state index contributed by atoms with van der Waals surface area (Å²) < 4.78 is 3.38. The Morgan fingerprint density at radius 2 is 2.04 bits per heavy atom. The molecule has 1 aliphatic heterocycles. The lowest BCUT2D eigenvalue weighted by molar-refractivity contribution is 0.339. The number of anilines is 1. The second kappa shape index (κ2) is 7.43. The molecule has 1 aliphatic carbocycles. The maximum atomic E-state index is 11.8. The summed E-state index contributed by atoms with van der Waals surface area (Å²) >= 11 is 0. The first-order valence-electron chi connectivity index (χ1n) is 9.52. The van der Waals surface area contributed by atoms with Gasteiger partial charge in [0.15, 0.2) is 0 Å². The Labute approximate surface area is 153 Å². The van der Waals surface area contributed by atoms with Crippen molar-refractivity contribution >= 4 is 5.69 Å². The van der Waals surface area contributed by atoms with E-state index >= 15 is 0 Å². The Kier molecular flexibility index (Phi) is 4.86. The molecule has 0 radical (unpaired) electrons. The summed E-state index contributed by atoms with van der Waals surface area (Å²) in [7, 11) is 1.67. The van der Waals surface area contributed by atoms with Crippen LogP contribution in [0.15, 0.2) is 35.4 Å². The lowest BCUT2D eigenvalue weighted by atomic mass is 9.92. The van der Waals surface area contributed by atoms with Crippen LogP contribution in [0, 0.1) is 5.92 Å². The molecule has 1 fully saturated rings. The molecule has 4 rings (SSSR count). The van der Waals surface area contributed by atoms with E-state index in [0.717, 1.165) is 56.7 Å². The summed E-state index contributed by atoms with van der Waals surface area (Å²) in [5.74, 6) is 1.13. The van der Waals surface area contributed by atoms with E-state index in [4.69, 9.17) is 0 Å². The van der Waals surface area contributed by atoms with E-state index in [-0.39, 0.29) is 5.56 Å². The highest BCUT2D eigenvalue weighted by Gasteiger charge is 2.22. The average molecular weight is 354 g/mol. The highest BCUT2D eigenvalue weighted by atomic mass is 16.1. The smallest absolute Gasteiger partial charge is 0.268 e. The predicted octanol–water partition coefficient (Wildman–Crippen LogP) is 2.11. The molecule has 0 saturated carbocycles. The number of aryl methyl sites for hydroxylation is 1. The van der Waals surface area contributed by atoms with E-state index in [1.807, 2.05) is 4.68 Å². The van der Waals surface area contributed by atoms with Gasteiger partial charge in [-0.05, 0) is 38.0 Å². The van der Waals surface area contributed by atoms with Crippen molar-refractivity contribution in [2.24, 2.45) is 13.0 Å². The van der Waals surface area contributed by atoms with Crippen molar-refractivity contribution in [3.63, 3.8) is 0 Å². The van der Waals surface area contributed by atoms with Crippen molar-refractivity contribution in [3.8, 4) is 0 Å². The lowest BCUT2D eigenvalue weighted by Crippen LogP contribution is -2.36. The van der Waals surface area contributed by atoms with Crippen molar-refractivity contribution in [3.05, 3.63) is 46.7 Å². The highest BCUT2D eigenvalue weighted by molar-refractivity contribution is 5.43. The van der Waals surface area contributed by atoms with Gasteiger partial charge in [-0.25, -0.2) is 4.68 Å². The van der Waals surface area contributed by atoms with Gasteiger partial charge in [-0.3, -0.25) is 9.48 Å². The molecule has 0 N–H and O–H groups in total. The molecule has 0 amide bonds. The fourth-order valence-corrected chi connectivity index (χ4v) is 3.92. The van der Waals surface area contributed by atoms with Crippen LogP contribution >= 0.6 is 0 Å². The van der Waals surface area contributed by atoms with Crippen molar-refractivity contribution in [2.45, 2.75) is 44.6 Å². The number of rotatable bonds is 4. The first kappa shape index (κ1) is 17.0. The zero-order valence-electron chi connectivity index (χ0n) is 15.3. The molecule has 1 saturated heterocycles. The fraction of sp³-hybridized carbons (Fsp3) is 0.579. The molecule has 2 aromatic heterocycles. The number of aromatic nitrogens is 5. The lowest BCUT2D eigenvalue weighted by Gasteiger charge is -2.33. The zero-order valence-corrected chi connectivity index (χ0v) is 15.3. The second-order valence-corrected chi connectivity index (χ2v) is 7.45. The third-order valence-corrected chi connectivity index (χ3v) is 5.62. The van der Waals surface area contributed by atoms with Crippen molar-refractivity contribution in [2.75, 3.05) is 18.0 Å². The van der Waals surface area contributed by atoms with Crippen LogP contribution in [0.3, 0.4) is 0 Å². The Bertz CT molecular complexity index is 831. The molecule has 2 aliphatic rings. The van der Waals surface area contributed by atoms with Crippen molar-refractivity contribution in [1.82, 2.24) is 24.8 Å². The Morgan fingerprint density at radius 1 is 1.19 bits per heavy atom. The molecular weight excluding hydrogens is 328 g/mol. The molecule has 2 aromatic rings. The fourth-order valence-electron chi connectivity index (χ4n) is 3.92. The van der Waals surface area contributed by atoms with Crippen molar-refractivity contribution < 1.29 is 0 Å². The van der Waals surface area contributed by atoms with Gasteiger partial charge in [0.2, 0.25) is 0 Å². The first-order valence-corrected chi connectivity index (χ1v) is 9.52. The number of allylic oxidation sites excluding steroid dienone is 2. The maximum Gasteiger partial charge on any atom is 0.268 e. The maximum absolute atomic E-state index is 11.8. The minimum atomic E-state index is -0.0580. The first-order chi connectivity index (χ1) is 12.7. The van der Waals surface area contributed by atoms with Gasteiger partial charge in [0.05, 0.1) is 17.6 Å². The van der Waals surface area contributed by atoms with Crippen LogP contribution < -0.4 is 10.5 Å². The summed E-state index contributed by atoms with van der Waals surface area (Å²) in [4.78, 5) is 14.0. The molecule has 1 atom stereocenters. The van der Waals surface area contributed by atoms with E-state index in [2.05, 4.69) is 38.7 Å². The van der Waals surface area contributed by atoms with E-state index in [0.29, 0.717) is 11.8 Å². The molecular formula is C19H26N6O. The van der Waals surface area contributed by atoms with Crippen LogP contribution in [0.5, 0.6) is 0 Å². The predicted molar refractivity (Wildman–Crippen MR) is 100 cm³/mol. The van der Waals surface area contributed by atoms with Gasteiger partial charge < -0.3 is 4.90 Å². The molecule has 7 nitrogen and oxygen atoms in total. The van der Waals surface area contributed by atoms with Gasteiger partial charge in [-0.1, -0.05) is 17.4 Å². The summed E-state index contributed by atoms with van der Waals surface area (Å²) in [5, 5.41) is 12.9. The average Bonchev–Trinajstić information content (AvgIpc) is 3.14. The number of piperidine rings is 1. The van der Waals surface area contributed by atoms with E-state index in [1.165, 1.54) is 11.1 Å².